The minimum Gasteiger partial charge on any atom is -0.298 e. The average molecular weight is 208 g/mol. The Hall–Kier alpha value is -0.420. The van der Waals surface area contributed by atoms with Gasteiger partial charge in [-0.2, -0.15) is 11.8 Å². The average Bonchev–Trinajstić information content (AvgIpc) is 2.54. The van der Waals surface area contributed by atoms with Crippen LogP contribution in [0.3, 0.4) is 0 Å². The van der Waals surface area contributed by atoms with E-state index in [1.807, 2.05) is 0 Å². The molecule has 2 saturated heterocycles. The highest BCUT2D eigenvalue weighted by Crippen LogP contribution is 2.46. The van der Waals surface area contributed by atoms with E-state index in [0.717, 1.165) is 23.3 Å². The van der Waals surface area contributed by atoms with Gasteiger partial charge in [0.2, 0.25) is 0 Å². The molecule has 2 aliphatic heterocycles. The van der Waals surface area contributed by atoms with Gasteiger partial charge in [0.15, 0.2) is 0 Å². The van der Waals surface area contributed by atoms with Crippen molar-refractivity contribution < 1.29 is 4.79 Å². The number of rotatable bonds is 2. The number of ketones is 1. The third kappa shape index (κ3) is 2.15. The van der Waals surface area contributed by atoms with Crippen molar-refractivity contribution in [1.29, 1.82) is 0 Å². The van der Waals surface area contributed by atoms with Gasteiger partial charge in [-0.3, -0.25) is 4.79 Å². The van der Waals surface area contributed by atoms with Gasteiger partial charge in [-0.05, 0) is 32.6 Å². The Labute approximate surface area is 90.0 Å². The first-order valence-electron chi connectivity index (χ1n) is 5.37. The summed E-state index contributed by atoms with van der Waals surface area (Å²) >= 11 is 2.11. The van der Waals surface area contributed by atoms with E-state index >= 15 is 0 Å². The van der Waals surface area contributed by atoms with Gasteiger partial charge >= 0.3 is 0 Å². The number of Topliss-reactive ketones (excluding diaryl/α,β-unsaturated/α-hetero) is 1. The molecule has 2 heteroatoms. The van der Waals surface area contributed by atoms with Crippen molar-refractivity contribution in [2.75, 3.05) is 0 Å². The number of fused-ring (bicyclic) bond motifs is 2. The van der Waals surface area contributed by atoms with E-state index in [0.29, 0.717) is 18.1 Å². The van der Waals surface area contributed by atoms with E-state index < -0.39 is 0 Å². The van der Waals surface area contributed by atoms with E-state index in [2.05, 4.69) is 23.6 Å². The Bertz CT molecular complexity index is 274. The third-order valence-corrected chi connectivity index (χ3v) is 4.81. The molecule has 2 unspecified atom stereocenters. The van der Waals surface area contributed by atoms with Crippen LogP contribution in [0.15, 0.2) is 0 Å². The summed E-state index contributed by atoms with van der Waals surface area (Å²) < 4.78 is 0. The van der Waals surface area contributed by atoms with Crippen LogP contribution in [0.5, 0.6) is 0 Å². The molecule has 0 aromatic rings. The van der Waals surface area contributed by atoms with Gasteiger partial charge in [0.25, 0.3) is 0 Å². The zero-order valence-electron chi connectivity index (χ0n) is 8.58. The summed E-state index contributed by atoms with van der Waals surface area (Å²) in [6, 6.07) is 0. The smallest absolute Gasteiger partial charge is 0.147 e. The molecule has 2 atom stereocenters. The predicted molar refractivity (Wildman–Crippen MR) is 60.2 cm³/mol. The van der Waals surface area contributed by atoms with Crippen LogP contribution in [0.25, 0.3) is 0 Å². The summed E-state index contributed by atoms with van der Waals surface area (Å²) in [7, 11) is 0. The minimum absolute atomic E-state index is 0.328. The highest BCUT2D eigenvalue weighted by molar-refractivity contribution is 8.00. The molecule has 2 fully saturated rings. The molecule has 2 heterocycles. The summed E-state index contributed by atoms with van der Waals surface area (Å²) in [5, 5.41) is 1.55. The normalized spacial score (nSPS) is 34.8. The Morgan fingerprint density at radius 3 is 2.57 bits per heavy atom. The topological polar surface area (TPSA) is 17.1 Å². The highest BCUT2D eigenvalue weighted by atomic mass is 32.2. The summed E-state index contributed by atoms with van der Waals surface area (Å²) in [4.78, 5) is 11.8. The predicted octanol–water partition coefficient (Wildman–Crippen LogP) is 2.64. The first kappa shape index (κ1) is 10.1. The molecule has 0 aromatic carbocycles. The van der Waals surface area contributed by atoms with Gasteiger partial charge in [-0.25, -0.2) is 0 Å². The number of thioether (sulfide) groups is 1. The number of carbonyl (C=O) groups excluding carboxylic acids is 1. The molecule has 2 rings (SSSR count). The lowest BCUT2D eigenvalue weighted by atomic mass is 9.93. The van der Waals surface area contributed by atoms with Crippen LogP contribution in [-0.2, 0) is 4.79 Å². The summed E-state index contributed by atoms with van der Waals surface area (Å²) in [5.41, 5.74) is 0. The molecule has 76 valence electrons. The molecular weight excluding hydrogens is 192 g/mol. The molecule has 0 spiro atoms. The Balaban J connectivity index is 1.91. The molecule has 0 aromatic heterocycles. The molecule has 1 nitrogen and oxygen atoms in total. The quantitative estimate of drug-likeness (QED) is 0.649. The van der Waals surface area contributed by atoms with Crippen LogP contribution >= 0.6 is 11.8 Å². The van der Waals surface area contributed by atoms with Crippen LogP contribution in [0.4, 0.5) is 0 Å². The highest BCUT2D eigenvalue weighted by Gasteiger charge is 2.37. The first-order chi connectivity index (χ1) is 6.79. The lowest BCUT2D eigenvalue weighted by molar-refractivity contribution is -0.122. The first-order valence-corrected chi connectivity index (χ1v) is 6.31. The standard InChI is InChI=1S/C12H16OS/c1-2-3-4-12(13)9-7-10-5-6-11(8-9)14-10/h9-11H,4-8H2,1H3. The second-order valence-corrected chi connectivity index (χ2v) is 5.80. The van der Waals surface area contributed by atoms with E-state index in [1.54, 1.807) is 6.92 Å². The van der Waals surface area contributed by atoms with Gasteiger partial charge in [0, 0.05) is 16.4 Å². The molecule has 2 bridgehead atoms. The number of hydrogen-bond donors (Lipinski definition) is 0. The fourth-order valence-corrected chi connectivity index (χ4v) is 4.22. The van der Waals surface area contributed by atoms with Crippen LogP contribution in [-0.4, -0.2) is 16.3 Å². The molecule has 0 saturated carbocycles. The van der Waals surface area contributed by atoms with Crippen molar-refractivity contribution in [3.05, 3.63) is 0 Å². The van der Waals surface area contributed by atoms with Crippen LogP contribution in [0.1, 0.15) is 39.0 Å². The van der Waals surface area contributed by atoms with Crippen LogP contribution < -0.4 is 0 Å². The van der Waals surface area contributed by atoms with E-state index in [9.17, 15) is 4.79 Å². The van der Waals surface area contributed by atoms with Crippen LogP contribution in [0, 0.1) is 17.8 Å². The van der Waals surface area contributed by atoms with Gasteiger partial charge in [-0.1, -0.05) is 5.92 Å². The molecule has 0 N–H and O–H groups in total. The van der Waals surface area contributed by atoms with Crippen molar-refractivity contribution >= 4 is 17.5 Å². The van der Waals surface area contributed by atoms with Crippen molar-refractivity contribution in [1.82, 2.24) is 0 Å². The van der Waals surface area contributed by atoms with Crippen molar-refractivity contribution in [3.63, 3.8) is 0 Å². The molecule has 2 aliphatic rings. The van der Waals surface area contributed by atoms with Crippen molar-refractivity contribution in [2.24, 2.45) is 5.92 Å². The lowest BCUT2D eigenvalue weighted by Crippen LogP contribution is -2.24. The van der Waals surface area contributed by atoms with Gasteiger partial charge in [0.1, 0.15) is 5.78 Å². The Morgan fingerprint density at radius 2 is 2.00 bits per heavy atom. The maximum atomic E-state index is 11.8. The lowest BCUT2D eigenvalue weighted by Gasteiger charge is -2.25. The SMILES string of the molecule is CC#CCC(=O)C1CC2CCC(C1)S2. The van der Waals surface area contributed by atoms with Crippen molar-refractivity contribution in [3.8, 4) is 11.8 Å². The third-order valence-electron chi connectivity index (χ3n) is 3.19. The summed E-state index contributed by atoms with van der Waals surface area (Å²) in [6.45, 7) is 1.80. The second-order valence-electron chi connectivity index (χ2n) is 4.20. The van der Waals surface area contributed by atoms with E-state index in [4.69, 9.17) is 0 Å². The van der Waals surface area contributed by atoms with E-state index in [1.165, 1.54) is 12.8 Å². The molecular formula is C12H16OS. The monoisotopic (exact) mass is 208 g/mol. The number of hydrogen-bond acceptors (Lipinski definition) is 2. The largest absolute Gasteiger partial charge is 0.298 e. The Kier molecular flexibility index (Phi) is 3.18. The van der Waals surface area contributed by atoms with Gasteiger partial charge in [0.05, 0.1) is 6.42 Å². The zero-order chi connectivity index (χ0) is 9.97. The maximum Gasteiger partial charge on any atom is 0.147 e. The van der Waals surface area contributed by atoms with Gasteiger partial charge < -0.3 is 0 Å². The fraction of sp³-hybridized carbons (Fsp3) is 0.750. The Morgan fingerprint density at radius 1 is 1.36 bits per heavy atom. The summed E-state index contributed by atoms with van der Waals surface area (Å²) in [5.74, 6) is 6.40. The molecule has 0 aliphatic carbocycles. The minimum atomic E-state index is 0.328. The number of carbonyl (C=O) groups is 1. The van der Waals surface area contributed by atoms with E-state index in [-0.39, 0.29) is 0 Å². The van der Waals surface area contributed by atoms with Crippen molar-refractivity contribution in [2.45, 2.75) is 49.5 Å². The molecule has 0 radical (unpaired) electrons. The fourth-order valence-electron chi connectivity index (χ4n) is 2.44. The summed E-state index contributed by atoms with van der Waals surface area (Å²) in [6.07, 6.45) is 5.37. The van der Waals surface area contributed by atoms with Gasteiger partial charge in [-0.15, -0.1) is 5.92 Å². The zero-order valence-corrected chi connectivity index (χ0v) is 9.40. The maximum absolute atomic E-state index is 11.8. The van der Waals surface area contributed by atoms with Crippen LogP contribution in [0.2, 0.25) is 0 Å². The molecule has 0 amide bonds. The second kappa shape index (κ2) is 4.40. The molecule has 14 heavy (non-hydrogen) atoms.